The van der Waals surface area contributed by atoms with E-state index >= 15 is 0 Å². The normalized spacial score (nSPS) is 14.3. The van der Waals surface area contributed by atoms with Gasteiger partial charge in [-0.1, -0.05) is 43.2 Å². The van der Waals surface area contributed by atoms with Crippen molar-refractivity contribution in [3.05, 3.63) is 93.9 Å². The molecule has 35 heavy (non-hydrogen) atoms. The summed E-state index contributed by atoms with van der Waals surface area (Å²) in [6.45, 7) is 0.273. The highest BCUT2D eigenvalue weighted by molar-refractivity contribution is 7.98. The Bertz CT molecular complexity index is 1390. The van der Waals surface area contributed by atoms with E-state index < -0.39 is 0 Å². The summed E-state index contributed by atoms with van der Waals surface area (Å²) in [4.78, 5) is 31.2. The van der Waals surface area contributed by atoms with Gasteiger partial charge < -0.3 is 9.73 Å². The zero-order valence-electron chi connectivity index (χ0n) is 19.2. The summed E-state index contributed by atoms with van der Waals surface area (Å²) in [5, 5.41) is 3.92. The number of amides is 1. The van der Waals surface area contributed by atoms with Gasteiger partial charge in [-0.25, -0.2) is 9.37 Å². The first-order valence-corrected chi connectivity index (χ1v) is 12.8. The molecule has 1 aliphatic rings. The first-order valence-electron chi connectivity index (χ1n) is 11.8. The molecule has 5 rings (SSSR count). The summed E-state index contributed by atoms with van der Waals surface area (Å²) >= 11 is 1.43. The van der Waals surface area contributed by atoms with E-state index in [0.717, 1.165) is 31.2 Å². The third kappa shape index (κ3) is 5.32. The van der Waals surface area contributed by atoms with Crippen LogP contribution in [0, 0.1) is 5.82 Å². The minimum absolute atomic E-state index is 0.0915. The second kappa shape index (κ2) is 10.5. The smallest absolute Gasteiger partial charge is 0.262 e. The van der Waals surface area contributed by atoms with Crippen molar-refractivity contribution in [2.75, 3.05) is 0 Å². The number of aromatic nitrogens is 2. The molecular formula is C27H26FN3O3S. The zero-order valence-corrected chi connectivity index (χ0v) is 20.0. The van der Waals surface area contributed by atoms with Gasteiger partial charge in [0.15, 0.2) is 5.16 Å². The van der Waals surface area contributed by atoms with Crippen LogP contribution >= 0.6 is 11.8 Å². The number of thioether (sulfide) groups is 1. The SMILES string of the molecule is O=C(NCc1ccco1)c1ccc2c(=O)n(C3CCCCC3)c(SCc3cccc(F)c3)nc2c1. The molecule has 0 radical (unpaired) electrons. The van der Waals surface area contributed by atoms with Crippen LogP contribution in [0.3, 0.4) is 0 Å². The number of benzene rings is 2. The minimum Gasteiger partial charge on any atom is -0.467 e. The summed E-state index contributed by atoms with van der Waals surface area (Å²) in [7, 11) is 0. The Balaban J connectivity index is 1.48. The average Bonchev–Trinajstić information content (AvgIpc) is 3.40. The molecule has 1 saturated carbocycles. The van der Waals surface area contributed by atoms with Gasteiger partial charge in [-0.3, -0.25) is 14.2 Å². The number of furan rings is 1. The molecule has 1 amide bonds. The zero-order chi connectivity index (χ0) is 24.2. The summed E-state index contributed by atoms with van der Waals surface area (Å²) in [5.41, 5.74) is 1.64. The van der Waals surface area contributed by atoms with Crippen molar-refractivity contribution < 1.29 is 13.6 Å². The van der Waals surface area contributed by atoms with Gasteiger partial charge in [0.2, 0.25) is 0 Å². The van der Waals surface area contributed by atoms with Gasteiger partial charge in [-0.05, 0) is 60.9 Å². The molecule has 0 saturated heterocycles. The van der Waals surface area contributed by atoms with Gasteiger partial charge in [-0.15, -0.1) is 0 Å². The number of halogens is 1. The number of fused-ring (bicyclic) bond motifs is 1. The van der Waals surface area contributed by atoms with E-state index in [0.29, 0.717) is 33.1 Å². The maximum absolute atomic E-state index is 13.7. The summed E-state index contributed by atoms with van der Waals surface area (Å²) < 4.78 is 20.8. The third-order valence-corrected chi connectivity index (χ3v) is 7.36. The largest absolute Gasteiger partial charge is 0.467 e. The van der Waals surface area contributed by atoms with Gasteiger partial charge in [-0.2, -0.15) is 0 Å². The van der Waals surface area contributed by atoms with Crippen LogP contribution in [0.4, 0.5) is 4.39 Å². The summed E-state index contributed by atoms with van der Waals surface area (Å²) in [6, 6.07) is 15.1. The first kappa shape index (κ1) is 23.4. The Morgan fingerprint density at radius 3 is 2.74 bits per heavy atom. The van der Waals surface area contributed by atoms with E-state index in [2.05, 4.69) is 5.32 Å². The van der Waals surface area contributed by atoms with E-state index in [1.807, 2.05) is 10.6 Å². The molecule has 6 nitrogen and oxygen atoms in total. The standard InChI is InChI=1S/C27H26FN3O3S/c28-20-7-4-6-18(14-20)17-35-27-30-24-15-19(25(32)29-16-22-10-5-13-34-22)11-12-23(24)26(33)31(27)21-8-2-1-3-9-21/h4-7,10-15,21H,1-3,8-9,16-17H2,(H,29,32). The van der Waals surface area contributed by atoms with Gasteiger partial charge in [0.25, 0.3) is 11.5 Å². The number of hydrogen-bond acceptors (Lipinski definition) is 5. The van der Waals surface area contributed by atoms with Crippen molar-refractivity contribution in [3.63, 3.8) is 0 Å². The molecule has 0 aliphatic heterocycles. The summed E-state index contributed by atoms with van der Waals surface area (Å²) in [5.74, 6) is 0.592. The van der Waals surface area contributed by atoms with Crippen LogP contribution < -0.4 is 10.9 Å². The van der Waals surface area contributed by atoms with Crippen LogP contribution in [-0.4, -0.2) is 15.5 Å². The number of rotatable bonds is 7. The van der Waals surface area contributed by atoms with E-state index in [1.165, 1.54) is 30.3 Å². The van der Waals surface area contributed by atoms with E-state index in [9.17, 15) is 14.0 Å². The van der Waals surface area contributed by atoms with E-state index in [1.54, 1.807) is 42.7 Å². The number of nitrogens with one attached hydrogen (secondary N) is 1. The van der Waals surface area contributed by atoms with Crippen molar-refractivity contribution in [1.29, 1.82) is 0 Å². The third-order valence-electron chi connectivity index (χ3n) is 6.33. The van der Waals surface area contributed by atoms with Crippen molar-refractivity contribution in [3.8, 4) is 0 Å². The molecule has 0 bridgehead atoms. The Kier molecular flexibility index (Phi) is 6.99. The lowest BCUT2D eigenvalue weighted by Gasteiger charge is -2.26. The second-order valence-electron chi connectivity index (χ2n) is 8.77. The lowest BCUT2D eigenvalue weighted by atomic mass is 9.95. The summed E-state index contributed by atoms with van der Waals surface area (Å²) in [6.07, 6.45) is 6.77. The van der Waals surface area contributed by atoms with Crippen LogP contribution in [0.2, 0.25) is 0 Å². The minimum atomic E-state index is -0.288. The molecule has 1 aliphatic carbocycles. The van der Waals surface area contributed by atoms with Crippen molar-refractivity contribution in [2.24, 2.45) is 0 Å². The highest BCUT2D eigenvalue weighted by atomic mass is 32.2. The Morgan fingerprint density at radius 1 is 1.11 bits per heavy atom. The van der Waals surface area contributed by atoms with Gasteiger partial charge >= 0.3 is 0 Å². The monoisotopic (exact) mass is 491 g/mol. The molecule has 4 aromatic rings. The number of hydrogen-bond donors (Lipinski definition) is 1. The Morgan fingerprint density at radius 2 is 1.97 bits per heavy atom. The molecule has 2 aromatic carbocycles. The maximum Gasteiger partial charge on any atom is 0.262 e. The molecular weight excluding hydrogens is 465 g/mol. The highest BCUT2D eigenvalue weighted by Gasteiger charge is 2.22. The molecule has 1 fully saturated rings. The van der Waals surface area contributed by atoms with Crippen molar-refractivity contribution >= 4 is 28.6 Å². The molecule has 0 atom stereocenters. The number of nitrogens with zero attached hydrogens (tertiary/aromatic N) is 2. The molecule has 2 aromatic heterocycles. The van der Waals surface area contributed by atoms with Crippen LogP contribution in [0.1, 0.15) is 59.8 Å². The van der Waals surface area contributed by atoms with Crippen LogP contribution in [0.15, 0.2) is 75.2 Å². The quantitative estimate of drug-likeness (QED) is 0.259. The van der Waals surface area contributed by atoms with E-state index in [4.69, 9.17) is 9.40 Å². The van der Waals surface area contributed by atoms with Gasteiger partial charge in [0, 0.05) is 17.4 Å². The van der Waals surface area contributed by atoms with E-state index in [-0.39, 0.29) is 29.9 Å². The second-order valence-corrected chi connectivity index (χ2v) is 9.72. The fourth-order valence-electron chi connectivity index (χ4n) is 4.54. The van der Waals surface area contributed by atoms with Gasteiger partial charge in [0.1, 0.15) is 11.6 Å². The molecule has 180 valence electrons. The highest BCUT2D eigenvalue weighted by Crippen LogP contribution is 2.32. The van der Waals surface area contributed by atoms with Crippen LogP contribution in [0.5, 0.6) is 0 Å². The lowest BCUT2D eigenvalue weighted by Crippen LogP contribution is -2.29. The predicted octanol–water partition coefficient (Wildman–Crippen LogP) is 5.86. The Labute approximate surface area is 206 Å². The maximum atomic E-state index is 13.7. The van der Waals surface area contributed by atoms with Crippen LogP contribution in [0.25, 0.3) is 10.9 Å². The fraction of sp³-hybridized carbons (Fsp3) is 0.296. The lowest BCUT2D eigenvalue weighted by molar-refractivity contribution is 0.0948. The first-order chi connectivity index (χ1) is 17.1. The number of carbonyl (C=O) groups is 1. The fourth-order valence-corrected chi connectivity index (χ4v) is 5.55. The molecule has 0 spiro atoms. The average molecular weight is 492 g/mol. The predicted molar refractivity (Wildman–Crippen MR) is 134 cm³/mol. The Hall–Kier alpha value is -3.39. The topological polar surface area (TPSA) is 77.1 Å². The van der Waals surface area contributed by atoms with Crippen molar-refractivity contribution in [2.45, 2.75) is 55.6 Å². The molecule has 0 unspecified atom stereocenters. The molecule has 2 heterocycles. The number of carbonyl (C=O) groups excluding carboxylic acids is 1. The van der Waals surface area contributed by atoms with Crippen molar-refractivity contribution in [1.82, 2.24) is 14.9 Å². The molecule has 1 N–H and O–H groups in total. The van der Waals surface area contributed by atoms with Crippen LogP contribution in [-0.2, 0) is 12.3 Å². The molecule has 8 heteroatoms. The van der Waals surface area contributed by atoms with Gasteiger partial charge in [0.05, 0.1) is 23.7 Å².